The quantitative estimate of drug-likeness (QED) is 0.862. The van der Waals surface area contributed by atoms with Crippen LogP contribution in [0.5, 0.6) is 0 Å². The van der Waals surface area contributed by atoms with Crippen LogP contribution in [0.2, 0.25) is 0 Å². The predicted molar refractivity (Wildman–Crippen MR) is 89.6 cm³/mol. The van der Waals surface area contributed by atoms with Gasteiger partial charge in [-0.25, -0.2) is 4.79 Å². The van der Waals surface area contributed by atoms with Gasteiger partial charge in [0.2, 0.25) is 0 Å². The number of amides is 1. The number of rotatable bonds is 4. The van der Waals surface area contributed by atoms with Crippen molar-refractivity contribution in [3.8, 4) is 0 Å². The molecule has 1 N–H and O–H groups in total. The Labute approximate surface area is 131 Å². The third kappa shape index (κ3) is 4.88. The highest BCUT2D eigenvalue weighted by Gasteiger charge is 2.15. The first kappa shape index (κ1) is 16.0. The topological polar surface area (TPSA) is 51.2 Å². The Hall–Kier alpha value is -2.36. The molecule has 0 saturated heterocycles. The molecule has 1 aromatic carbocycles. The molecule has 1 heterocycles. The van der Waals surface area contributed by atoms with Gasteiger partial charge >= 0.3 is 6.09 Å². The van der Waals surface area contributed by atoms with Crippen LogP contribution in [0.25, 0.3) is 17.0 Å². The van der Waals surface area contributed by atoms with Gasteiger partial charge in [-0.1, -0.05) is 30.4 Å². The molecule has 22 heavy (non-hydrogen) atoms. The van der Waals surface area contributed by atoms with E-state index in [1.54, 1.807) is 6.20 Å². The molecule has 0 unspecified atom stereocenters. The highest BCUT2D eigenvalue weighted by Crippen LogP contribution is 2.17. The maximum absolute atomic E-state index is 11.5. The number of hydrogen-bond donors (Lipinski definition) is 1. The van der Waals surface area contributed by atoms with Gasteiger partial charge < -0.3 is 10.1 Å². The molecule has 1 aromatic heterocycles. The summed E-state index contributed by atoms with van der Waals surface area (Å²) < 4.78 is 5.18. The summed E-state index contributed by atoms with van der Waals surface area (Å²) in [5, 5.41) is 3.86. The van der Waals surface area contributed by atoms with E-state index in [1.165, 1.54) is 0 Å². The Morgan fingerprint density at radius 2 is 2.05 bits per heavy atom. The Bertz CT molecular complexity index is 667. The maximum Gasteiger partial charge on any atom is 0.407 e. The lowest BCUT2D eigenvalue weighted by atomic mass is 10.1. The van der Waals surface area contributed by atoms with E-state index < -0.39 is 5.60 Å². The first-order valence-corrected chi connectivity index (χ1v) is 7.43. The van der Waals surface area contributed by atoms with Gasteiger partial charge in [0.15, 0.2) is 0 Å². The van der Waals surface area contributed by atoms with E-state index in [9.17, 15) is 4.79 Å². The number of carbonyl (C=O) groups is 1. The van der Waals surface area contributed by atoms with Crippen LogP contribution < -0.4 is 5.32 Å². The third-order valence-electron chi connectivity index (χ3n) is 2.96. The molecule has 0 aliphatic carbocycles. The summed E-state index contributed by atoms with van der Waals surface area (Å²) in [6.45, 7) is 6.09. The Balaban J connectivity index is 1.86. The Kier molecular flexibility index (Phi) is 5.15. The van der Waals surface area contributed by atoms with E-state index >= 15 is 0 Å². The van der Waals surface area contributed by atoms with E-state index in [1.807, 2.05) is 51.1 Å². The average molecular weight is 298 g/mol. The van der Waals surface area contributed by atoms with Crippen LogP contribution >= 0.6 is 0 Å². The first-order valence-electron chi connectivity index (χ1n) is 7.43. The monoisotopic (exact) mass is 298 g/mol. The fourth-order valence-electron chi connectivity index (χ4n) is 2.05. The number of para-hydroxylation sites is 1. The van der Waals surface area contributed by atoms with Crippen molar-refractivity contribution >= 4 is 23.1 Å². The molecule has 4 nitrogen and oxygen atoms in total. The van der Waals surface area contributed by atoms with E-state index in [0.717, 1.165) is 22.9 Å². The highest BCUT2D eigenvalue weighted by atomic mass is 16.6. The predicted octanol–water partition coefficient (Wildman–Crippen LogP) is 4.16. The van der Waals surface area contributed by atoms with Gasteiger partial charge in [-0.05, 0) is 44.9 Å². The lowest BCUT2D eigenvalue weighted by molar-refractivity contribution is 0.0529. The number of nitrogens with zero attached hydrogens (tertiary/aromatic N) is 1. The molecule has 0 radical (unpaired) electrons. The second-order valence-electron chi connectivity index (χ2n) is 6.04. The van der Waals surface area contributed by atoms with Crippen molar-refractivity contribution in [2.45, 2.75) is 32.8 Å². The van der Waals surface area contributed by atoms with E-state index in [-0.39, 0.29) is 6.09 Å². The van der Waals surface area contributed by atoms with Gasteiger partial charge in [-0.3, -0.25) is 4.98 Å². The van der Waals surface area contributed by atoms with Crippen molar-refractivity contribution in [3.05, 3.63) is 48.2 Å². The summed E-state index contributed by atoms with van der Waals surface area (Å²) in [5.74, 6) is 0. The van der Waals surface area contributed by atoms with Crippen molar-refractivity contribution < 1.29 is 9.53 Å². The van der Waals surface area contributed by atoms with Crippen molar-refractivity contribution in [2.75, 3.05) is 6.54 Å². The van der Waals surface area contributed by atoms with Gasteiger partial charge in [0.05, 0.1) is 5.52 Å². The normalized spacial score (nSPS) is 11.8. The van der Waals surface area contributed by atoms with Crippen LogP contribution in [0, 0.1) is 0 Å². The zero-order chi connectivity index (χ0) is 16.0. The summed E-state index contributed by atoms with van der Waals surface area (Å²) in [4.78, 5) is 15.8. The molecule has 4 heteroatoms. The molecule has 0 atom stereocenters. The number of pyridine rings is 1. The third-order valence-corrected chi connectivity index (χ3v) is 2.96. The fraction of sp³-hybridized carbons (Fsp3) is 0.333. The SMILES string of the molecule is CC(C)(C)OC(=O)NCCC=Cc1ccnc2ccccc12. The van der Waals surface area contributed by atoms with Crippen molar-refractivity contribution in [2.24, 2.45) is 0 Å². The fourth-order valence-corrected chi connectivity index (χ4v) is 2.05. The van der Waals surface area contributed by atoms with Crippen LogP contribution in [0.4, 0.5) is 4.79 Å². The molecule has 0 aliphatic heterocycles. The van der Waals surface area contributed by atoms with Crippen molar-refractivity contribution in [3.63, 3.8) is 0 Å². The molecule has 0 saturated carbocycles. The van der Waals surface area contributed by atoms with Crippen LogP contribution in [0.3, 0.4) is 0 Å². The van der Waals surface area contributed by atoms with E-state index in [0.29, 0.717) is 6.54 Å². The number of aromatic nitrogens is 1. The largest absolute Gasteiger partial charge is 0.444 e. The van der Waals surface area contributed by atoms with Gasteiger partial charge in [0.1, 0.15) is 5.60 Å². The van der Waals surface area contributed by atoms with Crippen LogP contribution in [0.1, 0.15) is 32.8 Å². The number of alkyl carbamates (subject to hydrolysis) is 1. The standard InChI is InChI=1S/C18H22N2O2/c1-18(2,3)22-17(21)20-12-7-6-8-14-11-13-19-16-10-5-4-9-15(14)16/h4-6,8-11,13H,7,12H2,1-3H3,(H,20,21). The molecule has 0 bridgehead atoms. The van der Waals surface area contributed by atoms with Gasteiger partial charge in [-0.2, -0.15) is 0 Å². The van der Waals surface area contributed by atoms with E-state index in [4.69, 9.17) is 4.74 Å². The summed E-state index contributed by atoms with van der Waals surface area (Å²) in [6.07, 6.45) is 6.27. The second-order valence-corrected chi connectivity index (χ2v) is 6.04. The second kappa shape index (κ2) is 7.07. The smallest absolute Gasteiger partial charge is 0.407 e. The number of carbonyl (C=O) groups excluding carboxylic acids is 1. The molecular formula is C18H22N2O2. The minimum atomic E-state index is -0.462. The molecule has 1 amide bonds. The van der Waals surface area contributed by atoms with Crippen LogP contribution in [-0.4, -0.2) is 23.2 Å². The lowest BCUT2D eigenvalue weighted by Gasteiger charge is -2.19. The first-order chi connectivity index (χ1) is 10.5. The van der Waals surface area contributed by atoms with Gasteiger partial charge in [-0.15, -0.1) is 0 Å². The molecule has 0 aliphatic rings. The molecule has 0 spiro atoms. The minimum absolute atomic E-state index is 0.379. The summed E-state index contributed by atoms with van der Waals surface area (Å²) >= 11 is 0. The summed E-state index contributed by atoms with van der Waals surface area (Å²) in [5.41, 5.74) is 1.65. The molecule has 2 aromatic rings. The molecule has 116 valence electrons. The van der Waals surface area contributed by atoms with Gasteiger partial charge in [0, 0.05) is 18.1 Å². The number of nitrogens with one attached hydrogen (secondary N) is 1. The maximum atomic E-state index is 11.5. The Morgan fingerprint density at radius 3 is 2.82 bits per heavy atom. The average Bonchev–Trinajstić information content (AvgIpc) is 2.45. The number of ether oxygens (including phenoxy) is 1. The Morgan fingerprint density at radius 1 is 1.27 bits per heavy atom. The summed E-state index contributed by atoms with van der Waals surface area (Å²) in [6, 6.07) is 10.0. The summed E-state index contributed by atoms with van der Waals surface area (Å²) in [7, 11) is 0. The number of fused-ring (bicyclic) bond motifs is 1. The van der Waals surface area contributed by atoms with Crippen LogP contribution in [-0.2, 0) is 4.74 Å². The molecule has 2 rings (SSSR count). The van der Waals surface area contributed by atoms with Gasteiger partial charge in [0.25, 0.3) is 0 Å². The van der Waals surface area contributed by atoms with Crippen LogP contribution in [0.15, 0.2) is 42.6 Å². The number of benzene rings is 1. The highest BCUT2D eigenvalue weighted by molar-refractivity contribution is 5.87. The van der Waals surface area contributed by atoms with Crippen molar-refractivity contribution in [1.82, 2.24) is 10.3 Å². The number of hydrogen-bond acceptors (Lipinski definition) is 3. The zero-order valence-electron chi connectivity index (χ0n) is 13.3. The minimum Gasteiger partial charge on any atom is -0.444 e. The molecular weight excluding hydrogens is 276 g/mol. The van der Waals surface area contributed by atoms with Crippen molar-refractivity contribution in [1.29, 1.82) is 0 Å². The lowest BCUT2D eigenvalue weighted by Crippen LogP contribution is -2.32. The van der Waals surface area contributed by atoms with E-state index in [2.05, 4.69) is 22.4 Å². The molecule has 0 fully saturated rings. The zero-order valence-corrected chi connectivity index (χ0v) is 13.3.